The minimum Gasteiger partial charge on any atom is -0.476 e. The van der Waals surface area contributed by atoms with Crippen molar-refractivity contribution < 1.29 is 14.4 Å². The molecule has 0 spiro atoms. The van der Waals surface area contributed by atoms with Crippen LogP contribution in [0.15, 0.2) is 45.4 Å². The monoisotopic (exact) mass is 386 g/mol. The highest BCUT2D eigenvalue weighted by molar-refractivity contribution is 9.10. The molecule has 1 aliphatic heterocycles. The van der Waals surface area contributed by atoms with E-state index in [0.717, 1.165) is 17.6 Å². The van der Waals surface area contributed by atoms with Crippen LogP contribution in [-0.2, 0) is 19.5 Å². The zero-order valence-electron chi connectivity index (χ0n) is 12.8. The number of benzene rings is 2. The first-order valence-electron chi connectivity index (χ1n) is 7.72. The standard InChI is InChI=1S/C18H15BrN2O3/c19-16-12(6-5-11-3-1-2-4-13(11)16)9-21-8-7-15-14(10-21)17(18(22)23)20-24-15/h1-6H,7-10H2,(H,22,23). The Morgan fingerprint density at radius 3 is 2.96 bits per heavy atom. The SMILES string of the molecule is O=C(O)c1noc2c1CN(Cc1ccc3ccccc3c1Br)CC2. The Kier molecular flexibility index (Phi) is 3.86. The summed E-state index contributed by atoms with van der Waals surface area (Å²) in [5.74, 6) is -0.338. The molecule has 0 aliphatic carbocycles. The summed E-state index contributed by atoms with van der Waals surface area (Å²) in [7, 11) is 0. The van der Waals surface area contributed by atoms with E-state index in [1.165, 1.54) is 16.3 Å². The van der Waals surface area contributed by atoms with Gasteiger partial charge in [-0.2, -0.15) is 0 Å². The second-order valence-electron chi connectivity index (χ2n) is 5.96. The van der Waals surface area contributed by atoms with Crippen molar-refractivity contribution in [1.29, 1.82) is 0 Å². The molecule has 5 nitrogen and oxygen atoms in total. The van der Waals surface area contributed by atoms with Crippen LogP contribution in [0.25, 0.3) is 10.8 Å². The molecule has 1 aliphatic rings. The predicted octanol–water partition coefficient (Wildman–Crippen LogP) is 3.85. The predicted molar refractivity (Wildman–Crippen MR) is 92.9 cm³/mol. The lowest BCUT2D eigenvalue weighted by Gasteiger charge is -2.26. The molecule has 0 bridgehead atoms. The largest absolute Gasteiger partial charge is 0.476 e. The van der Waals surface area contributed by atoms with Crippen molar-refractivity contribution in [1.82, 2.24) is 10.1 Å². The van der Waals surface area contributed by atoms with Gasteiger partial charge in [-0.05, 0) is 32.3 Å². The quantitative estimate of drug-likeness (QED) is 0.740. The van der Waals surface area contributed by atoms with Crippen LogP contribution in [0.3, 0.4) is 0 Å². The minimum atomic E-state index is -1.03. The van der Waals surface area contributed by atoms with Crippen molar-refractivity contribution in [2.45, 2.75) is 19.5 Å². The number of nitrogens with zero attached hydrogens (tertiary/aromatic N) is 2. The number of hydrogen-bond donors (Lipinski definition) is 1. The number of carbonyl (C=O) groups is 1. The summed E-state index contributed by atoms with van der Waals surface area (Å²) in [6.45, 7) is 2.11. The topological polar surface area (TPSA) is 66.6 Å². The molecule has 122 valence electrons. The van der Waals surface area contributed by atoms with Crippen molar-refractivity contribution in [3.05, 3.63) is 63.5 Å². The van der Waals surface area contributed by atoms with Gasteiger partial charge in [-0.3, -0.25) is 4.90 Å². The van der Waals surface area contributed by atoms with E-state index in [0.29, 0.717) is 24.3 Å². The molecule has 0 saturated heterocycles. The molecule has 2 aromatic carbocycles. The average molecular weight is 387 g/mol. The highest BCUT2D eigenvalue weighted by Crippen LogP contribution is 2.30. The summed E-state index contributed by atoms with van der Waals surface area (Å²) in [5, 5.41) is 15.3. The highest BCUT2D eigenvalue weighted by atomic mass is 79.9. The molecule has 0 atom stereocenters. The lowest BCUT2D eigenvalue weighted by molar-refractivity contribution is 0.0683. The van der Waals surface area contributed by atoms with Gasteiger partial charge in [-0.15, -0.1) is 0 Å². The van der Waals surface area contributed by atoms with Gasteiger partial charge < -0.3 is 9.63 Å². The number of aromatic carboxylic acids is 1. The number of hydrogen-bond acceptors (Lipinski definition) is 4. The summed E-state index contributed by atoms with van der Waals surface area (Å²) in [4.78, 5) is 13.5. The summed E-state index contributed by atoms with van der Waals surface area (Å²) in [6, 6.07) is 12.5. The van der Waals surface area contributed by atoms with Crippen LogP contribution in [0, 0.1) is 0 Å². The Hall–Kier alpha value is -2.18. The summed E-state index contributed by atoms with van der Waals surface area (Å²) >= 11 is 3.72. The molecule has 6 heteroatoms. The number of halogens is 1. The number of rotatable bonds is 3. The molecule has 3 aromatic rings. The Morgan fingerprint density at radius 1 is 1.29 bits per heavy atom. The third kappa shape index (κ3) is 2.61. The van der Waals surface area contributed by atoms with E-state index >= 15 is 0 Å². The van der Waals surface area contributed by atoms with Crippen LogP contribution in [-0.4, -0.2) is 27.7 Å². The zero-order valence-corrected chi connectivity index (χ0v) is 14.4. The molecule has 2 heterocycles. The Labute approximate surface area is 147 Å². The molecule has 0 fully saturated rings. The first kappa shape index (κ1) is 15.4. The molecule has 4 rings (SSSR count). The fourth-order valence-corrected chi connectivity index (χ4v) is 3.83. The van der Waals surface area contributed by atoms with E-state index in [1.54, 1.807) is 0 Å². The average Bonchev–Trinajstić information content (AvgIpc) is 3.01. The van der Waals surface area contributed by atoms with Gasteiger partial charge in [-0.1, -0.05) is 41.6 Å². The Bertz CT molecular complexity index is 935. The maximum atomic E-state index is 11.3. The number of fused-ring (bicyclic) bond motifs is 2. The molecule has 0 amide bonds. The summed E-state index contributed by atoms with van der Waals surface area (Å²) in [5.41, 5.74) is 1.92. The molecule has 0 saturated carbocycles. The van der Waals surface area contributed by atoms with E-state index in [9.17, 15) is 9.90 Å². The van der Waals surface area contributed by atoms with E-state index < -0.39 is 5.97 Å². The van der Waals surface area contributed by atoms with E-state index in [1.807, 2.05) is 12.1 Å². The van der Waals surface area contributed by atoms with Gasteiger partial charge in [0.05, 0.1) is 0 Å². The van der Waals surface area contributed by atoms with Crippen LogP contribution >= 0.6 is 15.9 Å². The van der Waals surface area contributed by atoms with Crippen LogP contribution in [0.2, 0.25) is 0 Å². The van der Waals surface area contributed by atoms with Crippen molar-refractivity contribution in [3.8, 4) is 0 Å². The smallest absolute Gasteiger partial charge is 0.358 e. The van der Waals surface area contributed by atoms with Gasteiger partial charge in [0.1, 0.15) is 5.76 Å². The minimum absolute atomic E-state index is 0.0345. The summed E-state index contributed by atoms with van der Waals surface area (Å²) in [6.07, 6.45) is 0.681. The lowest BCUT2D eigenvalue weighted by atomic mass is 10.0. The van der Waals surface area contributed by atoms with Gasteiger partial charge in [0.15, 0.2) is 5.69 Å². The van der Waals surface area contributed by atoms with Gasteiger partial charge in [0.2, 0.25) is 0 Å². The molecule has 1 aromatic heterocycles. The molecule has 24 heavy (non-hydrogen) atoms. The van der Waals surface area contributed by atoms with E-state index in [4.69, 9.17) is 4.52 Å². The van der Waals surface area contributed by atoms with Crippen molar-refractivity contribution in [3.63, 3.8) is 0 Å². The van der Waals surface area contributed by atoms with Crippen LogP contribution in [0.5, 0.6) is 0 Å². The highest BCUT2D eigenvalue weighted by Gasteiger charge is 2.27. The van der Waals surface area contributed by atoms with Crippen molar-refractivity contribution >= 4 is 32.7 Å². The fraction of sp³-hybridized carbons (Fsp3) is 0.222. The Balaban J connectivity index is 1.61. The molecular formula is C18H15BrN2O3. The van der Waals surface area contributed by atoms with Crippen molar-refractivity contribution in [2.75, 3.05) is 6.54 Å². The Morgan fingerprint density at radius 2 is 2.12 bits per heavy atom. The first-order valence-corrected chi connectivity index (χ1v) is 8.52. The number of carboxylic acid groups (broad SMARTS) is 1. The fourth-order valence-electron chi connectivity index (χ4n) is 3.21. The van der Waals surface area contributed by atoms with Crippen LogP contribution in [0.4, 0.5) is 0 Å². The van der Waals surface area contributed by atoms with E-state index in [-0.39, 0.29) is 5.69 Å². The second-order valence-corrected chi connectivity index (χ2v) is 6.75. The van der Waals surface area contributed by atoms with Crippen molar-refractivity contribution in [2.24, 2.45) is 0 Å². The molecular weight excluding hydrogens is 372 g/mol. The van der Waals surface area contributed by atoms with Gasteiger partial charge in [0.25, 0.3) is 0 Å². The maximum Gasteiger partial charge on any atom is 0.358 e. The maximum absolute atomic E-state index is 11.3. The molecule has 0 radical (unpaired) electrons. The summed E-state index contributed by atoms with van der Waals surface area (Å²) < 4.78 is 6.25. The van der Waals surface area contributed by atoms with E-state index in [2.05, 4.69) is 50.3 Å². The lowest BCUT2D eigenvalue weighted by Crippen LogP contribution is -2.30. The third-order valence-electron chi connectivity index (χ3n) is 4.45. The number of aromatic nitrogens is 1. The number of carboxylic acids is 1. The van der Waals surface area contributed by atoms with Gasteiger partial charge in [0, 0.05) is 36.1 Å². The van der Waals surface area contributed by atoms with Gasteiger partial charge >= 0.3 is 5.97 Å². The van der Waals surface area contributed by atoms with Crippen LogP contribution < -0.4 is 0 Å². The zero-order chi connectivity index (χ0) is 16.7. The second kappa shape index (κ2) is 6.03. The first-order chi connectivity index (χ1) is 11.6. The normalized spacial score (nSPS) is 14.7. The molecule has 1 N–H and O–H groups in total. The van der Waals surface area contributed by atoms with Gasteiger partial charge in [-0.25, -0.2) is 4.79 Å². The third-order valence-corrected chi connectivity index (χ3v) is 5.38. The van der Waals surface area contributed by atoms with Crippen LogP contribution in [0.1, 0.15) is 27.4 Å². The molecule has 0 unspecified atom stereocenters.